The van der Waals surface area contributed by atoms with Gasteiger partial charge < -0.3 is 9.47 Å². The first-order valence-electron chi connectivity index (χ1n) is 5.21. The fraction of sp³-hybridized carbons (Fsp3) is 0.800. The maximum Gasteiger partial charge on any atom is 0.330 e. The quantitative estimate of drug-likeness (QED) is 0.367. The molecule has 0 N–H and O–H groups in total. The first-order valence-corrected chi connectivity index (χ1v) is 5.21. The van der Waals surface area contributed by atoms with E-state index in [2.05, 4.69) is 9.47 Å². The van der Waals surface area contributed by atoms with E-state index in [1.807, 2.05) is 0 Å². The van der Waals surface area contributed by atoms with Crippen LogP contribution in [0.1, 0.15) is 6.92 Å². The summed E-state index contributed by atoms with van der Waals surface area (Å²) in [5.74, 6) is -9.01. The summed E-state index contributed by atoms with van der Waals surface area (Å²) in [6.45, 7) is -2.28. The summed E-state index contributed by atoms with van der Waals surface area (Å²) in [5, 5.41) is 0. The lowest BCUT2D eigenvalue weighted by atomic mass is 10.3. The van der Waals surface area contributed by atoms with Crippen LogP contribution in [0.15, 0.2) is 12.2 Å². The minimum atomic E-state index is -4.51. The van der Waals surface area contributed by atoms with Gasteiger partial charge in [-0.3, -0.25) is 0 Å². The van der Waals surface area contributed by atoms with Crippen LogP contribution >= 0.6 is 0 Å². The summed E-state index contributed by atoms with van der Waals surface area (Å²) in [7, 11) is 0. The Hall–Kier alpha value is -0.900. The van der Waals surface area contributed by atoms with Crippen LogP contribution in [0.2, 0.25) is 0 Å². The van der Waals surface area contributed by atoms with Crippen LogP contribution in [-0.4, -0.2) is 44.2 Å². The van der Waals surface area contributed by atoms with E-state index in [0.717, 1.165) is 12.2 Å². The van der Waals surface area contributed by atoms with Crippen molar-refractivity contribution in [2.24, 2.45) is 0 Å². The molecule has 0 saturated carbocycles. The molecular weight excluding hydrogens is 304 g/mol. The van der Waals surface area contributed by atoms with Crippen LogP contribution in [0.3, 0.4) is 0 Å². The highest BCUT2D eigenvalue weighted by Crippen LogP contribution is 2.26. The Bertz CT molecular complexity index is 282. The van der Waals surface area contributed by atoms with Crippen molar-refractivity contribution in [3.8, 4) is 0 Å². The number of hydrogen-bond acceptors (Lipinski definition) is 2. The Morgan fingerprint density at radius 1 is 0.850 bits per heavy atom. The number of ether oxygens (including phenoxy) is 2. The van der Waals surface area contributed by atoms with Crippen LogP contribution in [0.25, 0.3) is 0 Å². The van der Waals surface area contributed by atoms with Crippen molar-refractivity contribution in [2.45, 2.75) is 37.9 Å². The molecule has 20 heavy (non-hydrogen) atoms. The van der Waals surface area contributed by atoms with Crippen molar-refractivity contribution in [2.75, 3.05) is 13.2 Å². The van der Waals surface area contributed by atoms with Crippen molar-refractivity contribution in [1.82, 2.24) is 0 Å². The molecule has 0 aliphatic heterocycles. The molecule has 0 aliphatic rings. The smallest absolute Gasteiger partial charge is 0.330 e. The number of rotatable bonds is 9. The molecule has 0 aromatic rings. The number of alkyl halides is 8. The summed E-state index contributed by atoms with van der Waals surface area (Å²) < 4.78 is 106. The summed E-state index contributed by atoms with van der Waals surface area (Å²) in [5.41, 5.74) is 0. The minimum absolute atomic E-state index is 0.836. The summed E-state index contributed by atoms with van der Waals surface area (Å²) in [6, 6.07) is 0. The third-order valence-corrected chi connectivity index (χ3v) is 1.87. The highest BCUT2D eigenvalue weighted by atomic mass is 19.3. The average molecular weight is 316 g/mol. The van der Waals surface area contributed by atoms with E-state index in [1.165, 1.54) is 6.92 Å². The van der Waals surface area contributed by atoms with Crippen LogP contribution in [0.5, 0.6) is 0 Å². The maximum atomic E-state index is 12.5. The van der Waals surface area contributed by atoms with Gasteiger partial charge in [0.15, 0.2) is 6.29 Å². The maximum absolute atomic E-state index is 12.5. The second-order valence-corrected chi connectivity index (χ2v) is 3.64. The molecule has 0 bridgehead atoms. The molecule has 0 rings (SSSR count). The monoisotopic (exact) mass is 316 g/mol. The van der Waals surface area contributed by atoms with Gasteiger partial charge in [0.1, 0.15) is 13.2 Å². The zero-order valence-corrected chi connectivity index (χ0v) is 10.1. The van der Waals surface area contributed by atoms with Crippen LogP contribution in [0.4, 0.5) is 35.1 Å². The highest BCUT2D eigenvalue weighted by Gasteiger charge is 2.43. The van der Waals surface area contributed by atoms with E-state index >= 15 is 0 Å². The van der Waals surface area contributed by atoms with Crippen molar-refractivity contribution in [3.63, 3.8) is 0 Å². The van der Waals surface area contributed by atoms with Crippen LogP contribution in [0, 0.1) is 0 Å². The molecule has 0 aliphatic carbocycles. The summed E-state index contributed by atoms with van der Waals surface area (Å²) in [6.07, 6.45) is -7.93. The fourth-order valence-electron chi connectivity index (χ4n) is 0.829. The molecule has 2 nitrogen and oxygen atoms in total. The Kier molecular flexibility index (Phi) is 7.42. The SMILES string of the molecule is C/C=C/C(OCC(F)(F)C(F)F)OCC(F)(F)C(F)F. The Balaban J connectivity index is 4.46. The number of hydrogen-bond donors (Lipinski definition) is 0. The first kappa shape index (κ1) is 19.1. The van der Waals surface area contributed by atoms with E-state index in [9.17, 15) is 35.1 Å². The Morgan fingerprint density at radius 2 is 1.20 bits per heavy atom. The molecule has 0 unspecified atom stereocenters. The molecule has 0 radical (unpaired) electrons. The zero-order chi connectivity index (χ0) is 16.0. The zero-order valence-electron chi connectivity index (χ0n) is 10.1. The average Bonchev–Trinajstić information content (AvgIpc) is 2.32. The molecule has 0 heterocycles. The normalized spacial score (nSPS) is 14.2. The topological polar surface area (TPSA) is 18.5 Å². The van der Waals surface area contributed by atoms with Gasteiger partial charge in [-0.25, -0.2) is 17.6 Å². The lowest BCUT2D eigenvalue weighted by Crippen LogP contribution is -2.37. The van der Waals surface area contributed by atoms with Crippen LogP contribution < -0.4 is 0 Å². The molecule has 0 spiro atoms. The number of halogens is 8. The second-order valence-electron chi connectivity index (χ2n) is 3.64. The van der Waals surface area contributed by atoms with Gasteiger partial charge >= 0.3 is 24.7 Å². The predicted octanol–water partition coefficient (Wildman–Crippen LogP) is 3.72. The third-order valence-electron chi connectivity index (χ3n) is 1.87. The number of allylic oxidation sites excluding steroid dienone is 1. The van der Waals surface area contributed by atoms with Gasteiger partial charge in [-0.15, -0.1) is 0 Å². The first-order chi connectivity index (χ1) is 9.03. The molecular formula is C10H12F8O2. The highest BCUT2D eigenvalue weighted by molar-refractivity contribution is 4.83. The predicted molar refractivity (Wildman–Crippen MR) is 52.4 cm³/mol. The lowest BCUT2D eigenvalue weighted by molar-refractivity contribution is -0.234. The molecule has 0 saturated heterocycles. The molecule has 0 amide bonds. The van der Waals surface area contributed by atoms with Crippen molar-refractivity contribution in [3.05, 3.63) is 12.2 Å². The van der Waals surface area contributed by atoms with Gasteiger partial charge in [-0.1, -0.05) is 6.08 Å². The molecule has 0 fully saturated rings. The Morgan fingerprint density at radius 3 is 1.45 bits per heavy atom. The van der Waals surface area contributed by atoms with E-state index < -0.39 is 44.2 Å². The van der Waals surface area contributed by atoms with Gasteiger partial charge in [-0.05, 0) is 13.0 Å². The molecule has 10 heteroatoms. The summed E-state index contributed by atoms with van der Waals surface area (Å²) >= 11 is 0. The van der Waals surface area contributed by atoms with E-state index in [-0.39, 0.29) is 0 Å². The lowest BCUT2D eigenvalue weighted by Gasteiger charge is -2.22. The Labute approximate surface area is 109 Å². The second kappa shape index (κ2) is 7.77. The van der Waals surface area contributed by atoms with Gasteiger partial charge in [0.05, 0.1) is 0 Å². The molecule has 0 atom stereocenters. The third kappa shape index (κ3) is 6.51. The molecule has 120 valence electrons. The van der Waals surface area contributed by atoms with Crippen LogP contribution in [-0.2, 0) is 9.47 Å². The van der Waals surface area contributed by atoms with Crippen molar-refractivity contribution < 1.29 is 44.6 Å². The van der Waals surface area contributed by atoms with E-state index in [4.69, 9.17) is 0 Å². The largest absolute Gasteiger partial charge is 0.342 e. The van der Waals surface area contributed by atoms with E-state index in [1.54, 1.807) is 0 Å². The van der Waals surface area contributed by atoms with Crippen molar-refractivity contribution >= 4 is 0 Å². The molecule has 0 aromatic heterocycles. The standard InChI is InChI=1S/C10H12F8O2/c1-2-3-6(19-4-9(15,16)7(11)12)20-5-10(17,18)8(13)14/h2-3,6-8H,4-5H2,1H3/b3-2+. The van der Waals surface area contributed by atoms with Gasteiger partial charge in [0.2, 0.25) is 0 Å². The minimum Gasteiger partial charge on any atom is -0.342 e. The van der Waals surface area contributed by atoms with Gasteiger partial charge in [0, 0.05) is 0 Å². The molecule has 0 aromatic carbocycles. The van der Waals surface area contributed by atoms with Crippen molar-refractivity contribution in [1.29, 1.82) is 0 Å². The fourth-order valence-corrected chi connectivity index (χ4v) is 0.829. The van der Waals surface area contributed by atoms with Gasteiger partial charge in [-0.2, -0.15) is 17.6 Å². The summed E-state index contributed by atoms with van der Waals surface area (Å²) in [4.78, 5) is 0. The van der Waals surface area contributed by atoms with Gasteiger partial charge in [0.25, 0.3) is 0 Å². The van der Waals surface area contributed by atoms with E-state index in [0.29, 0.717) is 0 Å².